The number of primary amides is 1. The van der Waals surface area contributed by atoms with Crippen LogP contribution in [0.2, 0.25) is 0 Å². The minimum absolute atomic E-state index is 0.388. The van der Waals surface area contributed by atoms with E-state index in [4.69, 9.17) is 11.5 Å². The van der Waals surface area contributed by atoms with Gasteiger partial charge < -0.3 is 16.4 Å². The summed E-state index contributed by atoms with van der Waals surface area (Å²) >= 11 is 0. The summed E-state index contributed by atoms with van der Waals surface area (Å²) in [5.74, 6) is -0.388. The Morgan fingerprint density at radius 2 is 2.13 bits per heavy atom. The zero-order valence-electron chi connectivity index (χ0n) is 9.16. The summed E-state index contributed by atoms with van der Waals surface area (Å²) in [4.78, 5) is 13.1. The van der Waals surface area contributed by atoms with E-state index < -0.39 is 0 Å². The van der Waals surface area contributed by atoms with Gasteiger partial charge in [-0.15, -0.1) is 0 Å². The molecule has 0 atom stereocenters. The van der Waals surface area contributed by atoms with E-state index in [2.05, 4.69) is 0 Å². The van der Waals surface area contributed by atoms with Crippen LogP contribution < -0.4 is 16.4 Å². The number of hydrogen-bond acceptors (Lipinski definition) is 3. The highest BCUT2D eigenvalue weighted by atomic mass is 16.1. The van der Waals surface area contributed by atoms with Crippen LogP contribution in [-0.2, 0) is 0 Å². The summed E-state index contributed by atoms with van der Waals surface area (Å²) in [5.41, 5.74) is 13.2. The molecular weight excluding hydrogens is 190 g/mol. The molecule has 1 aromatic rings. The van der Waals surface area contributed by atoms with Gasteiger partial charge in [0.2, 0.25) is 5.91 Å². The molecule has 0 unspecified atom stereocenters. The lowest BCUT2D eigenvalue weighted by atomic mass is 10.1. The lowest BCUT2D eigenvalue weighted by molar-refractivity contribution is 0.1000. The number of rotatable bonds is 4. The topological polar surface area (TPSA) is 72.3 Å². The third kappa shape index (κ3) is 2.70. The molecule has 0 aliphatic heterocycles. The first-order valence-corrected chi connectivity index (χ1v) is 4.88. The Kier molecular flexibility index (Phi) is 3.68. The molecule has 0 aromatic heterocycles. The predicted molar refractivity (Wildman–Crippen MR) is 62.0 cm³/mol. The predicted octanol–water partition coefficient (Wildman–Crippen LogP) is 0.489. The number of carbonyl (C=O) groups excluding carboxylic acids is 1. The van der Waals surface area contributed by atoms with Crippen LogP contribution in [0.15, 0.2) is 18.2 Å². The maximum atomic E-state index is 11.0. The number of benzene rings is 1. The van der Waals surface area contributed by atoms with Gasteiger partial charge in [0.1, 0.15) is 0 Å². The van der Waals surface area contributed by atoms with Crippen molar-refractivity contribution in [3.05, 3.63) is 29.3 Å². The zero-order chi connectivity index (χ0) is 11.4. The third-order valence-corrected chi connectivity index (χ3v) is 2.38. The molecule has 0 spiro atoms. The van der Waals surface area contributed by atoms with Gasteiger partial charge in [-0.3, -0.25) is 4.79 Å². The molecule has 0 bridgehead atoms. The molecule has 0 aliphatic rings. The molecule has 0 saturated heterocycles. The van der Waals surface area contributed by atoms with Crippen molar-refractivity contribution in [2.45, 2.75) is 6.92 Å². The smallest absolute Gasteiger partial charge is 0.248 e. The number of carbonyl (C=O) groups is 1. The summed E-state index contributed by atoms with van der Waals surface area (Å²) in [7, 11) is 1.96. The quantitative estimate of drug-likeness (QED) is 0.754. The number of likely N-dealkylation sites (N-methyl/N-ethyl adjacent to an activating group) is 1. The molecule has 0 heterocycles. The monoisotopic (exact) mass is 207 g/mol. The first kappa shape index (κ1) is 11.5. The number of hydrogen-bond donors (Lipinski definition) is 2. The molecule has 4 heteroatoms. The maximum Gasteiger partial charge on any atom is 0.248 e. The molecule has 1 rings (SSSR count). The summed E-state index contributed by atoms with van der Waals surface area (Å²) in [6.07, 6.45) is 0. The van der Waals surface area contributed by atoms with Crippen LogP contribution in [0.5, 0.6) is 0 Å². The van der Waals surface area contributed by atoms with Crippen LogP contribution in [0.1, 0.15) is 15.9 Å². The molecule has 4 nitrogen and oxygen atoms in total. The van der Waals surface area contributed by atoms with E-state index in [1.807, 2.05) is 31.0 Å². The summed E-state index contributed by atoms with van der Waals surface area (Å²) in [5, 5.41) is 0. The Morgan fingerprint density at radius 3 is 2.60 bits per heavy atom. The number of nitrogens with two attached hydrogens (primary N) is 2. The largest absolute Gasteiger partial charge is 0.373 e. The van der Waals surface area contributed by atoms with Crippen molar-refractivity contribution in [1.29, 1.82) is 0 Å². The van der Waals surface area contributed by atoms with Gasteiger partial charge in [0.05, 0.1) is 0 Å². The highest BCUT2D eigenvalue weighted by Gasteiger charge is 2.06. The Balaban J connectivity index is 2.96. The molecule has 0 radical (unpaired) electrons. The fraction of sp³-hybridized carbons (Fsp3) is 0.364. The molecule has 0 aliphatic carbocycles. The lowest BCUT2D eigenvalue weighted by Gasteiger charge is -2.19. The van der Waals surface area contributed by atoms with Crippen LogP contribution in [0.3, 0.4) is 0 Å². The van der Waals surface area contributed by atoms with Gasteiger partial charge in [-0.05, 0) is 30.7 Å². The van der Waals surface area contributed by atoms with E-state index in [0.29, 0.717) is 12.1 Å². The number of anilines is 1. The fourth-order valence-corrected chi connectivity index (χ4v) is 1.48. The summed E-state index contributed by atoms with van der Waals surface area (Å²) in [6.45, 7) is 3.27. The summed E-state index contributed by atoms with van der Waals surface area (Å²) in [6, 6.07) is 5.57. The van der Waals surface area contributed by atoms with E-state index >= 15 is 0 Å². The van der Waals surface area contributed by atoms with Crippen molar-refractivity contribution in [2.75, 3.05) is 25.0 Å². The van der Waals surface area contributed by atoms with Crippen molar-refractivity contribution in [2.24, 2.45) is 11.5 Å². The summed E-state index contributed by atoms with van der Waals surface area (Å²) < 4.78 is 0. The van der Waals surface area contributed by atoms with Gasteiger partial charge in [0, 0.05) is 31.4 Å². The van der Waals surface area contributed by atoms with E-state index in [9.17, 15) is 4.79 Å². The van der Waals surface area contributed by atoms with Crippen molar-refractivity contribution in [1.82, 2.24) is 0 Å². The molecule has 82 valence electrons. The van der Waals surface area contributed by atoms with E-state index in [1.54, 1.807) is 6.07 Å². The van der Waals surface area contributed by atoms with Crippen LogP contribution >= 0.6 is 0 Å². The first-order valence-electron chi connectivity index (χ1n) is 4.88. The zero-order valence-corrected chi connectivity index (χ0v) is 9.16. The average molecular weight is 207 g/mol. The first-order chi connectivity index (χ1) is 7.06. The molecule has 0 saturated carbocycles. The molecule has 4 N–H and O–H groups in total. The standard InChI is InChI=1S/C11H17N3O/c1-8-7-9(14(2)6-5-12)3-4-10(8)11(13)15/h3-4,7H,5-6,12H2,1-2H3,(H2,13,15). The number of aryl methyl sites for hydroxylation is 1. The van der Waals surface area contributed by atoms with Gasteiger partial charge in [-0.2, -0.15) is 0 Å². The van der Waals surface area contributed by atoms with Crippen molar-refractivity contribution in [3.63, 3.8) is 0 Å². The van der Waals surface area contributed by atoms with E-state index in [-0.39, 0.29) is 5.91 Å². The highest BCUT2D eigenvalue weighted by Crippen LogP contribution is 2.17. The van der Waals surface area contributed by atoms with Gasteiger partial charge in [-0.1, -0.05) is 0 Å². The SMILES string of the molecule is Cc1cc(N(C)CCN)ccc1C(N)=O. The number of nitrogens with zero attached hydrogens (tertiary/aromatic N) is 1. The number of amides is 1. The Bertz CT molecular complexity index is 363. The van der Waals surface area contributed by atoms with Gasteiger partial charge >= 0.3 is 0 Å². The average Bonchev–Trinajstić information content (AvgIpc) is 2.17. The van der Waals surface area contributed by atoms with Crippen LogP contribution in [0, 0.1) is 6.92 Å². The van der Waals surface area contributed by atoms with Gasteiger partial charge in [-0.25, -0.2) is 0 Å². The second kappa shape index (κ2) is 4.79. The molecular formula is C11H17N3O. The second-order valence-corrected chi connectivity index (χ2v) is 3.57. The second-order valence-electron chi connectivity index (χ2n) is 3.57. The lowest BCUT2D eigenvalue weighted by Crippen LogP contribution is -2.25. The van der Waals surface area contributed by atoms with Crippen LogP contribution in [0.25, 0.3) is 0 Å². The van der Waals surface area contributed by atoms with E-state index in [0.717, 1.165) is 17.8 Å². The highest BCUT2D eigenvalue weighted by molar-refractivity contribution is 5.94. The molecule has 15 heavy (non-hydrogen) atoms. The minimum Gasteiger partial charge on any atom is -0.373 e. The van der Waals surface area contributed by atoms with Crippen LogP contribution in [0.4, 0.5) is 5.69 Å². The van der Waals surface area contributed by atoms with Crippen LogP contribution in [-0.4, -0.2) is 26.0 Å². The van der Waals surface area contributed by atoms with Gasteiger partial charge in [0.25, 0.3) is 0 Å². The minimum atomic E-state index is -0.388. The Labute approximate surface area is 89.9 Å². The van der Waals surface area contributed by atoms with E-state index in [1.165, 1.54) is 0 Å². The van der Waals surface area contributed by atoms with Crippen molar-refractivity contribution < 1.29 is 4.79 Å². The third-order valence-electron chi connectivity index (χ3n) is 2.38. The Morgan fingerprint density at radius 1 is 1.47 bits per heavy atom. The van der Waals surface area contributed by atoms with Crippen molar-refractivity contribution >= 4 is 11.6 Å². The molecule has 1 amide bonds. The molecule has 1 aromatic carbocycles. The maximum absolute atomic E-state index is 11.0. The normalized spacial score (nSPS) is 10.1. The Hall–Kier alpha value is -1.55. The van der Waals surface area contributed by atoms with Crippen molar-refractivity contribution in [3.8, 4) is 0 Å². The molecule has 0 fully saturated rings. The fourth-order valence-electron chi connectivity index (χ4n) is 1.48. The van der Waals surface area contributed by atoms with Gasteiger partial charge in [0.15, 0.2) is 0 Å².